The minimum Gasteiger partial charge on any atom is -0.497 e. The summed E-state index contributed by atoms with van der Waals surface area (Å²) in [6.45, 7) is 8.04. The predicted octanol–water partition coefficient (Wildman–Crippen LogP) is 12.5. The van der Waals surface area contributed by atoms with Crippen LogP contribution in [0.5, 0.6) is 17.2 Å². The van der Waals surface area contributed by atoms with Crippen LogP contribution in [0.2, 0.25) is 0 Å². The summed E-state index contributed by atoms with van der Waals surface area (Å²) in [5.41, 5.74) is -2.17. The number of hydrogen-bond donors (Lipinski definition) is 2. The molecule has 0 radical (unpaired) electrons. The van der Waals surface area contributed by atoms with E-state index in [0.29, 0.717) is 70.5 Å². The average molecular weight is 1220 g/mol. The van der Waals surface area contributed by atoms with Crippen LogP contribution in [0.25, 0.3) is 0 Å². The van der Waals surface area contributed by atoms with E-state index in [-0.39, 0.29) is 42.5 Å². The summed E-state index contributed by atoms with van der Waals surface area (Å²) in [6.07, 6.45) is -12.7. The molecule has 0 aromatic heterocycles. The number of carbonyl (C=O) groups is 1. The smallest absolute Gasteiger partial charge is 0.435 e. The summed E-state index contributed by atoms with van der Waals surface area (Å²) in [5.74, 6) is 3.14. The van der Waals surface area contributed by atoms with Crippen LogP contribution >= 0.6 is 0 Å². The fourth-order valence-corrected chi connectivity index (χ4v) is 13.8. The molecule has 3 fully saturated rings. The number of nitrogens with one attached hydrogen (secondary N) is 1. The number of halogens is 9. The number of ether oxygens (including phenoxy) is 7. The molecular weight excluding hydrogens is 1140 g/mol. The number of carbonyl (C=O) groups excluding carboxylic acids is 1. The van der Waals surface area contributed by atoms with E-state index in [1.807, 2.05) is 72.8 Å². The molecule has 2 N–H and O–H groups in total. The van der Waals surface area contributed by atoms with Gasteiger partial charge in [0.05, 0.1) is 46.8 Å². The Kier molecular flexibility index (Phi) is 23.2. The number of aryl methyl sites for hydroxylation is 1. The monoisotopic (exact) mass is 1220 g/mol. The van der Waals surface area contributed by atoms with Crippen molar-refractivity contribution in [3.63, 3.8) is 0 Å². The van der Waals surface area contributed by atoms with E-state index < -0.39 is 42.8 Å². The highest BCUT2D eigenvalue weighted by Crippen LogP contribution is 2.62. The Morgan fingerprint density at radius 2 is 1.27 bits per heavy atom. The lowest BCUT2D eigenvalue weighted by atomic mass is 9.55. The van der Waals surface area contributed by atoms with Crippen LogP contribution in [0, 0.1) is 23.2 Å². The Labute approximate surface area is 499 Å². The van der Waals surface area contributed by atoms with Gasteiger partial charge in [0, 0.05) is 71.4 Å². The van der Waals surface area contributed by atoms with Crippen molar-refractivity contribution in [2.45, 2.75) is 126 Å². The SMILES string of the molecule is COc1ccc(C(OCC(CO)CCCOCCNC(=O)CCCN2CCN(CCCOc3ccc4c(c3)CC[C@@H]3[C@@H]4CC[C@]4(C)[C@@H](OCCCOC(C(F)(F)F)(C(F)(F)F)C(F)(F)F)CC[C@@H]34)CC2)(c2ccccc2)c2ccc(OC)cc2)cc1. The summed E-state index contributed by atoms with van der Waals surface area (Å²) in [5, 5.41) is 13.5. The molecule has 2 saturated carbocycles. The lowest BCUT2D eigenvalue weighted by Gasteiger charge is -2.50. The Morgan fingerprint density at radius 3 is 1.87 bits per heavy atom. The van der Waals surface area contributed by atoms with Gasteiger partial charge in [-0.3, -0.25) is 4.79 Å². The molecule has 0 spiro atoms. The number of benzene rings is 4. The van der Waals surface area contributed by atoms with Crippen molar-refractivity contribution in [1.29, 1.82) is 0 Å². The normalized spacial score (nSPS) is 21.7. The van der Waals surface area contributed by atoms with Crippen molar-refractivity contribution in [1.82, 2.24) is 15.1 Å². The highest BCUT2D eigenvalue weighted by molar-refractivity contribution is 5.75. The molecule has 4 aliphatic rings. The second-order valence-corrected chi connectivity index (χ2v) is 23.6. The third kappa shape index (κ3) is 15.6. The molecule has 0 bridgehead atoms. The molecule has 1 aliphatic heterocycles. The van der Waals surface area contributed by atoms with Crippen LogP contribution in [0.3, 0.4) is 0 Å². The number of aliphatic hydroxyl groups excluding tert-OH is 1. The standard InChI is InChI=1S/C65H84F9N3O9/c1-60-30-29-55-54-26-24-53(43-47(54)15-25-56(55)57(60)27-28-58(60)84-40-10-41-85-62(63(66,67)68,64(69,70)71)65(72,73)74)83-39-9-33-77-36-34-76(35-37-77)32-7-14-59(79)75-31-42-82-38-8-11-46(44-78)45-86-61(48-12-5-4-6-13-48,49-16-20-51(80-2)21-17-49)50-18-22-52(81-3)23-19-50/h4-6,12-13,16-24,26,43,46,55-58,78H,7-11,14-15,25,27-42,44-45H2,1-3H3,(H,75,79)/t46?,55-,56-,57+,58+,60+/m1/s1. The van der Waals surface area contributed by atoms with Crippen molar-refractivity contribution in [3.05, 3.63) is 125 Å². The van der Waals surface area contributed by atoms with Crippen molar-refractivity contribution in [3.8, 4) is 17.2 Å². The molecule has 1 heterocycles. The minimum atomic E-state index is -6.76. The Balaban J connectivity index is 0.669. The topological polar surface area (TPSA) is 120 Å². The average Bonchev–Trinajstić information content (AvgIpc) is 1.05. The lowest BCUT2D eigenvalue weighted by Crippen LogP contribution is -2.67. The summed E-state index contributed by atoms with van der Waals surface area (Å²) in [4.78, 5) is 17.6. The highest BCUT2D eigenvalue weighted by atomic mass is 19.4. The van der Waals surface area contributed by atoms with E-state index in [1.54, 1.807) is 14.2 Å². The zero-order valence-electron chi connectivity index (χ0n) is 49.5. The first-order valence-corrected chi connectivity index (χ1v) is 30.3. The van der Waals surface area contributed by atoms with Gasteiger partial charge in [-0.2, -0.15) is 39.5 Å². The molecule has 6 atom stereocenters. The van der Waals surface area contributed by atoms with Gasteiger partial charge < -0.3 is 53.4 Å². The van der Waals surface area contributed by atoms with E-state index in [4.69, 9.17) is 28.4 Å². The molecule has 4 aromatic rings. The van der Waals surface area contributed by atoms with Gasteiger partial charge in [0.25, 0.3) is 0 Å². The summed E-state index contributed by atoms with van der Waals surface area (Å²) >= 11 is 0. The van der Waals surface area contributed by atoms with Gasteiger partial charge in [-0.1, -0.05) is 67.6 Å². The summed E-state index contributed by atoms with van der Waals surface area (Å²) < 4.78 is 159. The van der Waals surface area contributed by atoms with E-state index in [1.165, 1.54) is 11.1 Å². The van der Waals surface area contributed by atoms with Gasteiger partial charge >= 0.3 is 24.1 Å². The van der Waals surface area contributed by atoms with Gasteiger partial charge in [-0.15, -0.1) is 0 Å². The molecular formula is C65H84F9N3O9. The van der Waals surface area contributed by atoms with Crippen molar-refractivity contribution >= 4 is 5.91 Å². The first kappa shape index (κ1) is 66.8. The molecule has 1 saturated heterocycles. The first-order valence-electron chi connectivity index (χ1n) is 30.3. The van der Waals surface area contributed by atoms with E-state index >= 15 is 0 Å². The van der Waals surface area contributed by atoms with E-state index in [2.05, 4.69) is 51.0 Å². The number of methoxy groups -OCH3 is 2. The molecule has 3 aliphatic carbocycles. The van der Waals surface area contributed by atoms with Crippen molar-refractivity contribution in [2.75, 3.05) is 106 Å². The van der Waals surface area contributed by atoms with Gasteiger partial charge in [-0.25, -0.2) is 0 Å². The first-order chi connectivity index (χ1) is 41.2. The van der Waals surface area contributed by atoms with Gasteiger partial charge in [-0.05, 0) is 165 Å². The van der Waals surface area contributed by atoms with Crippen LogP contribution in [0.4, 0.5) is 39.5 Å². The molecule has 12 nitrogen and oxygen atoms in total. The predicted molar refractivity (Wildman–Crippen MR) is 306 cm³/mol. The summed E-state index contributed by atoms with van der Waals surface area (Å²) in [6, 6.07) is 32.2. The van der Waals surface area contributed by atoms with Crippen LogP contribution in [-0.4, -0.2) is 157 Å². The second-order valence-electron chi connectivity index (χ2n) is 23.6. The third-order valence-electron chi connectivity index (χ3n) is 18.4. The Morgan fingerprint density at radius 1 is 0.663 bits per heavy atom. The quantitative estimate of drug-likeness (QED) is 0.0285. The van der Waals surface area contributed by atoms with Crippen LogP contribution in [0.15, 0.2) is 97.1 Å². The number of amides is 1. The summed E-state index contributed by atoms with van der Waals surface area (Å²) in [7, 11) is 3.27. The molecule has 86 heavy (non-hydrogen) atoms. The number of nitrogens with zero attached hydrogens (tertiary/aromatic N) is 2. The number of alkyl halides is 9. The van der Waals surface area contributed by atoms with Crippen LogP contribution in [0.1, 0.15) is 111 Å². The number of hydrogen-bond acceptors (Lipinski definition) is 11. The molecule has 4 aromatic carbocycles. The molecule has 476 valence electrons. The zero-order valence-corrected chi connectivity index (χ0v) is 49.5. The minimum absolute atomic E-state index is 0.00699. The van der Waals surface area contributed by atoms with Gasteiger partial charge in [0.1, 0.15) is 22.8 Å². The van der Waals surface area contributed by atoms with Gasteiger partial charge in [0.15, 0.2) is 0 Å². The number of rotatable bonds is 31. The van der Waals surface area contributed by atoms with Crippen molar-refractivity contribution < 1.29 is 82.6 Å². The van der Waals surface area contributed by atoms with Crippen LogP contribution in [-0.2, 0) is 35.8 Å². The second kappa shape index (κ2) is 29.9. The maximum Gasteiger partial charge on any atom is 0.435 e. The molecule has 8 rings (SSSR count). The largest absolute Gasteiger partial charge is 0.497 e. The maximum absolute atomic E-state index is 13.3. The Bertz CT molecular complexity index is 2630. The molecule has 1 unspecified atom stereocenters. The van der Waals surface area contributed by atoms with Crippen molar-refractivity contribution in [2.24, 2.45) is 23.2 Å². The van der Waals surface area contributed by atoms with E-state index in [0.717, 1.165) is 118 Å². The Hall–Kier alpha value is -5.16. The number of piperazine rings is 1. The van der Waals surface area contributed by atoms with Crippen LogP contribution < -0.4 is 19.5 Å². The third-order valence-corrected chi connectivity index (χ3v) is 18.4. The lowest BCUT2D eigenvalue weighted by molar-refractivity contribution is -0.457. The molecule has 1 amide bonds. The fraction of sp³-hybridized carbons (Fsp3) is 0.615. The van der Waals surface area contributed by atoms with Gasteiger partial charge in [0.2, 0.25) is 5.91 Å². The number of fused-ring (bicyclic) bond motifs is 5. The highest BCUT2D eigenvalue weighted by Gasteiger charge is 2.85. The molecule has 21 heteroatoms. The number of aliphatic hydroxyl groups is 1. The maximum atomic E-state index is 13.3. The van der Waals surface area contributed by atoms with E-state index in [9.17, 15) is 49.4 Å². The zero-order chi connectivity index (χ0) is 61.6. The fourth-order valence-electron chi connectivity index (χ4n) is 13.8.